The van der Waals surface area contributed by atoms with Crippen LogP contribution in [0.2, 0.25) is 0 Å². The zero-order valence-corrected chi connectivity index (χ0v) is 9.25. The number of nitrogens with zero attached hydrogens (tertiary/aromatic N) is 1. The van der Waals surface area contributed by atoms with Gasteiger partial charge in [0.15, 0.2) is 0 Å². The van der Waals surface area contributed by atoms with Crippen molar-refractivity contribution in [1.82, 2.24) is 10.2 Å². The number of likely N-dealkylation sites (tertiary alicyclic amines) is 1. The number of carbonyl (C=O) groups is 1. The Hall–Kier alpha value is -0.610. The summed E-state index contributed by atoms with van der Waals surface area (Å²) in [6.07, 6.45) is 0.926. The number of nitrogens with one attached hydrogen (secondary N) is 1. The second kappa shape index (κ2) is 5.32. The van der Waals surface area contributed by atoms with Crippen molar-refractivity contribution >= 4 is 5.91 Å². The van der Waals surface area contributed by atoms with Gasteiger partial charge in [-0.1, -0.05) is 6.92 Å². The van der Waals surface area contributed by atoms with Crippen molar-refractivity contribution in [1.29, 1.82) is 0 Å². The highest BCUT2D eigenvalue weighted by atomic mass is 16.5. The van der Waals surface area contributed by atoms with Gasteiger partial charge in [-0.2, -0.15) is 0 Å². The molecule has 1 N–H and O–H groups in total. The summed E-state index contributed by atoms with van der Waals surface area (Å²) in [5.74, 6) is 0.648. The number of carbonyl (C=O) groups excluding carboxylic acids is 1. The van der Waals surface area contributed by atoms with Crippen LogP contribution in [0.5, 0.6) is 0 Å². The molecule has 1 amide bonds. The smallest absolute Gasteiger partial charge is 0.239 e. The van der Waals surface area contributed by atoms with Gasteiger partial charge in [0.1, 0.15) is 0 Å². The maximum Gasteiger partial charge on any atom is 0.239 e. The summed E-state index contributed by atoms with van der Waals surface area (Å²) in [6.45, 7) is 4.50. The quantitative estimate of drug-likeness (QED) is 0.684. The molecule has 1 aliphatic rings. The van der Waals surface area contributed by atoms with Crippen molar-refractivity contribution in [3.63, 3.8) is 0 Å². The van der Waals surface area contributed by atoms with Gasteiger partial charge < -0.3 is 15.0 Å². The van der Waals surface area contributed by atoms with Crippen LogP contribution in [0, 0.1) is 5.92 Å². The molecule has 1 fully saturated rings. The van der Waals surface area contributed by atoms with Crippen molar-refractivity contribution in [2.75, 3.05) is 33.9 Å². The van der Waals surface area contributed by atoms with E-state index in [0.29, 0.717) is 12.5 Å². The van der Waals surface area contributed by atoms with Crippen LogP contribution in [-0.2, 0) is 9.53 Å². The van der Waals surface area contributed by atoms with Gasteiger partial charge in [0.2, 0.25) is 5.91 Å². The number of hydrogen-bond acceptors (Lipinski definition) is 3. The Balaban J connectivity index is 2.36. The number of likely N-dealkylation sites (N-methyl/N-ethyl adjacent to an activating group) is 1. The third-order valence-electron chi connectivity index (χ3n) is 2.63. The second-order valence-electron chi connectivity index (χ2n) is 3.97. The first-order valence-electron chi connectivity index (χ1n) is 5.14. The normalized spacial score (nSPS) is 24.4. The minimum atomic E-state index is 0.0322. The summed E-state index contributed by atoms with van der Waals surface area (Å²) >= 11 is 0. The summed E-state index contributed by atoms with van der Waals surface area (Å²) in [7, 11) is 3.53. The molecule has 0 aromatic rings. The molecule has 2 atom stereocenters. The lowest BCUT2D eigenvalue weighted by atomic mass is 10.2. The fourth-order valence-corrected chi connectivity index (χ4v) is 1.90. The Kier molecular flexibility index (Phi) is 4.35. The van der Waals surface area contributed by atoms with Crippen LogP contribution in [0.15, 0.2) is 0 Å². The zero-order chi connectivity index (χ0) is 10.6. The number of ether oxygens (including phenoxy) is 1. The first kappa shape index (κ1) is 11.5. The van der Waals surface area contributed by atoms with Crippen LogP contribution < -0.4 is 5.32 Å². The van der Waals surface area contributed by atoms with E-state index in [0.717, 1.165) is 19.5 Å². The predicted molar refractivity (Wildman–Crippen MR) is 55.1 cm³/mol. The molecule has 4 heteroatoms. The summed E-state index contributed by atoms with van der Waals surface area (Å²) in [6, 6.07) is 0.0322. The van der Waals surface area contributed by atoms with E-state index < -0.39 is 0 Å². The molecule has 0 aromatic carbocycles. The van der Waals surface area contributed by atoms with Gasteiger partial charge in [-0.15, -0.1) is 0 Å². The lowest BCUT2D eigenvalue weighted by molar-refractivity contribution is -0.130. The van der Waals surface area contributed by atoms with Gasteiger partial charge in [-0.3, -0.25) is 4.79 Å². The average molecular weight is 200 g/mol. The molecule has 0 radical (unpaired) electrons. The highest BCUT2D eigenvalue weighted by Gasteiger charge is 2.30. The molecule has 0 bridgehead atoms. The molecule has 14 heavy (non-hydrogen) atoms. The van der Waals surface area contributed by atoms with Crippen LogP contribution in [-0.4, -0.2) is 50.7 Å². The molecule has 1 saturated heterocycles. The molecule has 2 unspecified atom stereocenters. The Morgan fingerprint density at radius 2 is 2.43 bits per heavy atom. The summed E-state index contributed by atoms with van der Waals surface area (Å²) in [5, 5.41) is 3.03. The minimum Gasteiger partial charge on any atom is -0.384 e. The van der Waals surface area contributed by atoms with E-state index in [4.69, 9.17) is 4.74 Å². The van der Waals surface area contributed by atoms with Crippen molar-refractivity contribution in [3.8, 4) is 0 Å². The van der Waals surface area contributed by atoms with Crippen LogP contribution in [0.1, 0.15) is 13.3 Å². The zero-order valence-electron chi connectivity index (χ0n) is 9.25. The van der Waals surface area contributed by atoms with Gasteiger partial charge in [-0.05, 0) is 19.4 Å². The molecule has 0 aromatic heterocycles. The number of methoxy groups -OCH3 is 1. The Morgan fingerprint density at radius 1 is 1.71 bits per heavy atom. The molecule has 1 heterocycles. The first-order valence-corrected chi connectivity index (χ1v) is 5.14. The largest absolute Gasteiger partial charge is 0.384 e. The van der Waals surface area contributed by atoms with E-state index in [9.17, 15) is 4.79 Å². The maximum atomic E-state index is 11.7. The first-order chi connectivity index (χ1) is 6.69. The predicted octanol–water partition coefficient (Wildman–Crippen LogP) is 0.0892. The summed E-state index contributed by atoms with van der Waals surface area (Å²) in [4.78, 5) is 13.6. The summed E-state index contributed by atoms with van der Waals surface area (Å²) in [5.41, 5.74) is 0. The molecule has 4 nitrogen and oxygen atoms in total. The fourth-order valence-electron chi connectivity index (χ4n) is 1.90. The number of rotatable bonds is 5. The highest BCUT2D eigenvalue weighted by Crippen LogP contribution is 2.12. The maximum absolute atomic E-state index is 11.7. The van der Waals surface area contributed by atoms with Crippen molar-refractivity contribution in [2.45, 2.75) is 19.4 Å². The van der Waals surface area contributed by atoms with Gasteiger partial charge in [0.25, 0.3) is 0 Å². The number of hydrogen-bond donors (Lipinski definition) is 1. The third kappa shape index (κ3) is 2.69. The third-order valence-corrected chi connectivity index (χ3v) is 2.63. The highest BCUT2D eigenvalue weighted by molar-refractivity contribution is 5.83. The molecule has 0 spiro atoms. The van der Waals surface area contributed by atoms with Crippen molar-refractivity contribution < 1.29 is 9.53 Å². The monoisotopic (exact) mass is 200 g/mol. The lowest BCUT2D eigenvalue weighted by Crippen LogP contribution is -2.38. The van der Waals surface area contributed by atoms with Gasteiger partial charge in [-0.25, -0.2) is 0 Å². The second-order valence-corrected chi connectivity index (χ2v) is 3.97. The van der Waals surface area contributed by atoms with E-state index >= 15 is 0 Å². The standard InChI is InChI=1S/C10H20N2O2/c1-8(7-14-3)6-12-5-4-9(11-2)10(12)13/h8-9,11H,4-7H2,1-3H3. The van der Waals surface area contributed by atoms with E-state index in [1.807, 2.05) is 11.9 Å². The average Bonchev–Trinajstić information content (AvgIpc) is 2.48. The van der Waals surface area contributed by atoms with Gasteiger partial charge in [0, 0.05) is 20.2 Å². The number of amides is 1. The lowest BCUT2D eigenvalue weighted by Gasteiger charge is -2.20. The van der Waals surface area contributed by atoms with Crippen LogP contribution >= 0.6 is 0 Å². The molecule has 1 aliphatic heterocycles. The van der Waals surface area contributed by atoms with E-state index in [-0.39, 0.29) is 11.9 Å². The Bertz CT molecular complexity index is 197. The molecular formula is C10H20N2O2. The molecule has 82 valence electrons. The van der Waals surface area contributed by atoms with Crippen LogP contribution in [0.3, 0.4) is 0 Å². The fraction of sp³-hybridized carbons (Fsp3) is 0.900. The SMILES string of the molecule is CNC1CCN(CC(C)COC)C1=O. The summed E-state index contributed by atoms with van der Waals surface area (Å²) < 4.78 is 5.05. The molecule has 0 aliphatic carbocycles. The van der Waals surface area contributed by atoms with Gasteiger partial charge >= 0.3 is 0 Å². The van der Waals surface area contributed by atoms with E-state index in [2.05, 4.69) is 12.2 Å². The van der Waals surface area contributed by atoms with Crippen molar-refractivity contribution in [3.05, 3.63) is 0 Å². The Labute approximate surface area is 85.6 Å². The van der Waals surface area contributed by atoms with E-state index in [1.54, 1.807) is 7.11 Å². The van der Waals surface area contributed by atoms with Crippen LogP contribution in [0.4, 0.5) is 0 Å². The minimum absolute atomic E-state index is 0.0322. The molecule has 0 saturated carbocycles. The molecule has 1 rings (SSSR count). The Morgan fingerprint density at radius 3 is 2.93 bits per heavy atom. The van der Waals surface area contributed by atoms with Crippen LogP contribution in [0.25, 0.3) is 0 Å². The van der Waals surface area contributed by atoms with E-state index in [1.165, 1.54) is 0 Å². The molecular weight excluding hydrogens is 180 g/mol. The van der Waals surface area contributed by atoms with Crippen molar-refractivity contribution in [2.24, 2.45) is 5.92 Å². The topological polar surface area (TPSA) is 41.6 Å². The van der Waals surface area contributed by atoms with Gasteiger partial charge in [0.05, 0.1) is 12.6 Å².